The van der Waals surface area contributed by atoms with E-state index in [-0.39, 0.29) is 43.4 Å². The van der Waals surface area contributed by atoms with Crippen molar-refractivity contribution in [3.05, 3.63) is 28.2 Å². The molecule has 0 bridgehead atoms. The molecule has 0 aliphatic carbocycles. The Morgan fingerprint density at radius 2 is 1.86 bits per heavy atom. The number of phenols is 1. The van der Waals surface area contributed by atoms with Crippen LogP contribution in [0.3, 0.4) is 0 Å². The lowest BCUT2D eigenvalue weighted by Gasteiger charge is -2.35. The molecule has 1 aliphatic heterocycles. The molecule has 0 spiro atoms. The molecule has 2 rings (SSSR count). The van der Waals surface area contributed by atoms with Crippen LogP contribution in [0.1, 0.15) is 10.4 Å². The van der Waals surface area contributed by atoms with Gasteiger partial charge in [-0.2, -0.15) is 13.2 Å². The summed E-state index contributed by atoms with van der Waals surface area (Å²) < 4.78 is 37.5. The zero-order chi connectivity index (χ0) is 15.6. The van der Waals surface area contributed by atoms with Crippen molar-refractivity contribution in [1.82, 2.24) is 9.80 Å². The van der Waals surface area contributed by atoms with Gasteiger partial charge in [-0.15, -0.1) is 0 Å². The molecule has 0 atom stereocenters. The molecule has 0 saturated carbocycles. The van der Waals surface area contributed by atoms with E-state index in [0.717, 1.165) is 0 Å². The van der Waals surface area contributed by atoms with Gasteiger partial charge in [0.2, 0.25) is 0 Å². The molecular weight excluding hydrogens is 353 g/mol. The lowest BCUT2D eigenvalue weighted by Crippen LogP contribution is -2.50. The molecule has 1 saturated heterocycles. The molecule has 8 heteroatoms. The van der Waals surface area contributed by atoms with Crippen LogP contribution < -0.4 is 0 Å². The summed E-state index contributed by atoms with van der Waals surface area (Å²) in [5, 5.41) is 9.71. The van der Waals surface area contributed by atoms with E-state index in [1.165, 1.54) is 21.9 Å². The van der Waals surface area contributed by atoms with Gasteiger partial charge in [-0.1, -0.05) is 15.9 Å². The summed E-state index contributed by atoms with van der Waals surface area (Å²) in [5.41, 5.74) is 0.147. The van der Waals surface area contributed by atoms with Gasteiger partial charge in [0.1, 0.15) is 5.75 Å². The maximum Gasteiger partial charge on any atom is 0.401 e. The topological polar surface area (TPSA) is 43.8 Å². The zero-order valence-electron chi connectivity index (χ0n) is 11.0. The number of halogens is 4. The van der Waals surface area contributed by atoms with E-state index in [9.17, 15) is 23.1 Å². The van der Waals surface area contributed by atoms with Crippen LogP contribution in [0.2, 0.25) is 0 Å². The van der Waals surface area contributed by atoms with Crippen molar-refractivity contribution in [3.63, 3.8) is 0 Å². The summed E-state index contributed by atoms with van der Waals surface area (Å²) >= 11 is 3.22. The molecule has 116 valence electrons. The largest absolute Gasteiger partial charge is 0.507 e. The van der Waals surface area contributed by atoms with Crippen molar-refractivity contribution in [2.24, 2.45) is 0 Å². The van der Waals surface area contributed by atoms with Gasteiger partial charge in [-0.25, -0.2) is 0 Å². The van der Waals surface area contributed by atoms with Crippen molar-refractivity contribution < 1.29 is 23.1 Å². The number of hydrogen-bond acceptors (Lipinski definition) is 3. The third-order valence-corrected chi connectivity index (χ3v) is 3.74. The van der Waals surface area contributed by atoms with Gasteiger partial charge < -0.3 is 10.0 Å². The van der Waals surface area contributed by atoms with Gasteiger partial charge >= 0.3 is 6.18 Å². The highest BCUT2D eigenvalue weighted by Crippen LogP contribution is 2.24. The van der Waals surface area contributed by atoms with E-state index in [2.05, 4.69) is 15.9 Å². The fourth-order valence-corrected chi connectivity index (χ4v) is 2.57. The zero-order valence-corrected chi connectivity index (χ0v) is 12.6. The third kappa shape index (κ3) is 4.34. The lowest BCUT2D eigenvalue weighted by atomic mass is 10.1. The molecule has 1 aromatic carbocycles. The van der Waals surface area contributed by atoms with E-state index >= 15 is 0 Å². The van der Waals surface area contributed by atoms with E-state index in [1.807, 2.05) is 0 Å². The van der Waals surface area contributed by atoms with E-state index in [4.69, 9.17) is 0 Å². The molecule has 1 fully saturated rings. The summed E-state index contributed by atoms with van der Waals surface area (Å²) in [4.78, 5) is 15.0. The monoisotopic (exact) mass is 366 g/mol. The summed E-state index contributed by atoms with van der Waals surface area (Å²) in [5.74, 6) is -0.513. The molecule has 4 nitrogen and oxygen atoms in total. The third-order valence-electron chi connectivity index (χ3n) is 3.25. The summed E-state index contributed by atoms with van der Waals surface area (Å²) in [7, 11) is 0. The van der Waals surface area contributed by atoms with Crippen LogP contribution in [-0.4, -0.2) is 59.7 Å². The van der Waals surface area contributed by atoms with Crippen LogP contribution >= 0.6 is 15.9 Å². The highest BCUT2D eigenvalue weighted by atomic mass is 79.9. The van der Waals surface area contributed by atoms with Gasteiger partial charge in [-0.05, 0) is 18.2 Å². The Bertz CT molecular complexity index is 529. The molecule has 0 aromatic heterocycles. The predicted octanol–water partition coefficient (Wildman–Crippen LogP) is 2.47. The van der Waals surface area contributed by atoms with E-state index in [0.29, 0.717) is 4.47 Å². The standard InChI is InChI=1S/C13H14BrF3N2O2/c14-9-1-2-11(20)10(7-9)12(21)19-5-3-18(4-6-19)8-13(15,16)17/h1-2,7,20H,3-6,8H2. The van der Waals surface area contributed by atoms with Gasteiger partial charge in [0, 0.05) is 30.7 Å². The quantitative estimate of drug-likeness (QED) is 0.874. The van der Waals surface area contributed by atoms with Crippen molar-refractivity contribution in [2.75, 3.05) is 32.7 Å². The predicted molar refractivity (Wildman–Crippen MR) is 74.2 cm³/mol. The van der Waals surface area contributed by atoms with Crippen LogP contribution in [0, 0.1) is 0 Å². The van der Waals surface area contributed by atoms with Crippen molar-refractivity contribution in [2.45, 2.75) is 6.18 Å². The summed E-state index contributed by atoms with van der Waals surface area (Å²) in [6.45, 7) is -0.209. The minimum Gasteiger partial charge on any atom is -0.507 e. The summed E-state index contributed by atoms with van der Waals surface area (Å²) in [6.07, 6.45) is -4.23. The average molecular weight is 367 g/mol. The molecule has 0 unspecified atom stereocenters. The second-order valence-corrected chi connectivity index (χ2v) is 5.76. The van der Waals surface area contributed by atoms with Gasteiger partial charge in [0.05, 0.1) is 12.1 Å². The first-order valence-electron chi connectivity index (χ1n) is 6.33. The van der Waals surface area contributed by atoms with Gasteiger partial charge in [0.25, 0.3) is 5.91 Å². The van der Waals surface area contributed by atoms with E-state index < -0.39 is 12.7 Å². The number of piperazine rings is 1. The smallest absolute Gasteiger partial charge is 0.401 e. The number of benzene rings is 1. The van der Waals surface area contributed by atoms with Gasteiger partial charge in [-0.3, -0.25) is 9.69 Å². The Hall–Kier alpha value is -1.28. The minimum atomic E-state index is -4.23. The number of hydrogen-bond donors (Lipinski definition) is 1. The van der Waals surface area contributed by atoms with Crippen molar-refractivity contribution in [1.29, 1.82) is 0 Å². The first kappa shape index (κ1) is 16.1. The molecule has 0 radical (unpaired) electrons. The molecule has 1 N–H and O–H groups in total. The highest BCUT2D eigenvalue weighted by molar-refractivity contribution is 9.10. The van der Waals surface area contributed by atoms with Crippen LogP contribution in [0.5, 0.6) is 5.75 Å². The number of amides is 1. The van der Waals surface area contributed by atoms with Crippen molar-refractivity contribution >= 4 is 21.8 Å². The molecule has 1 amide bonds. The number of carbonyl (C=O) groups is 1. The Kier molecular flexibility index (Phi) is 4.77. The Balaban J connectivity index is 1.99. The number of aromatic hydroxyl groups is 1. The van der Waals surface area contributed by atoms with Crippen LogP contribution in [0.4, 0.5) is 13.2 Å². The first-order chi connectivity index (χ1) is 9.76. The number of rotatable bonds is 2. The fraction of sp³-hybridized carbons (Fsp3) is 0.462. The normalized spacial score (nSPS) is 17.0. The molecule has 1 heterocycles. The number of alkyl halides is 3. The second kappa shape index (κ2) is 6.23. The first-order valence-corrected chi connectivity index (χ1v) is 7.12. The summed E-state index contributed by atoms with van der Waals surface area (Å²) in [6, 6.07) is 4.50. The molecule has 1 aromatic rings. The Labute approximate surface area is 128 Å². The average Bonchev–Trinajstić information content (AvgIpc) is 2.40. The SMILES string of the molecule is O=C(c1cc(Br)ccc1O)N1CCN(CC(F)(F)F)CC1. The highest BCUT2D eigenvalue weighted by Gasteiger charge is 2.33. The maximum atomic E-state index is 12.3. The molecule has 21 heavy (non-hydrogen) atoms. The number of nitrogens with zero attached hydrogens (tertiary/aromatic N) is 2. The molecular formula is C13H14BrF3N2O2. The van der Waals surface area contributed by atoms with Crippen molar-refractivity contribution in [3.8, 4) is 5.75 Å². The van der Waals surface area contributed by atoms with Crippen LogP contribution in [0.15, 0.2) is 22.7 Å². The van der Waals surface area contributed by atoms with Crippen LogP contribution in [-0.2, 0) is 0 Å². The fourth-order valence-electron chi connectivity index (χ4n) is 2.21. The lowest BCUT2D eigenvalue weighted by molar-refractivity contribution is -0.148. The minimum absolute atomic E-state index is 0.138. The number of phenolic OH excluding ortho intramolecular Hbond substituents is 1. The second-order valence-electron chi connectivity index (χ2n) is 4.84. The Morgan fingerprint density at radius 3 is 2.43 bits per heavy atom. The van der Waals surface area contributed by atoms with E-state index in [1.54, 1.807) is 6.07 Å². The van der Waals surface area contributed by atoms with Gasteiger partial charge in [0.15, 0.2) is 0 Å². The molecule has 1 aliphatic rings. The maximum absolute atomic E-state index is 12.3. The Morgan fingerprint density at radius 1 is 1.24 bits per heavy atom. The number of carbonyl (C=O) groups excluding carboxylic acids is 1. The van der Waals surface area contributed by atoms with Crippen LogP contribution in [0.25, 0.3) is 0 Å².